The first-order valence-corrected chi connectivity index (χ1v) is 11.6. The standard InChI is InChI=1S/C25H37NO7/c1-25(2,3)33-24(30)26-14-12-18(13-15-26)7-5-6-16-32-20-10-8-19(9-11-20)17-21(22(27)28)23(29)31-4/h8-11,18,21H,5-7,12-17H2,1-4H3,(H,27,28). The van der Waals surface area contributed by atoms with Crippen molar-refractivity contribution in [3.05, 3.63) is 29.8 Å². The van der Waals surface area contributed by atoms with Gasteiger partial charge >= 0.3 is 18.0 Å². The van der Waals surface area contributed by atoms with Crippen LogP contribution >= 0.6 is 0 Å². The van der Waals surface area contributed by atoms with Crippen LogP contribution in [0.2, 0.25) is 0 Å². The van der Waals surface area contributed by atoms with E-state index in [1.165, 1.54) is 7.11 Å². The minimum absolute atomic E-state index is 0.0784. The highest BCUT2D eigenvalue weighted by Crippen LogP contribution is 2.24. The second-order valence-corrected chi connectivity index (χ2v) is 9.52. The van der Waals surface area contributed by atoms with Crippen LogP contribution in [0.25, 0.3) is 0 Å². The van der Waals surface area contributed by atoms with Gasteiger partial charge in [-0.05, 0) is 76.5 Å². The van der Waals surface area contributed by atoms with Crippen molar-refractivity contribution in [1.29, 1.82) is 0 Å². The summed E-state index contributed by atoms with van der Waals surface area (Å²) in [7, 11) is 1.18. The van der Waals surface area contributed by atoms with Gasteiger partial charge in [-0.3, -0.25) is 9.59 Å². The fourth-order valence-electron chi connectivity index (χ4n) is 3.83. The number of carbonyl (C=O) groups is 3. The van der Waals surface area contributed by atoms with Crippen molar-refractivity contribution in [2.75, 3.05) is 26.8 Å². The lowest BCUT2D eigenvalue weighted by Gasteiger charge is -2.33. The molecule has 184 valence electrons. The number of carboxylic acids is 1. The Morgan fingerprint density at radius 1 is 1.09 bits per heavy atom. The number of amides is 1. The van der Waals surface area contributed by atoms with Crippen molar-refractivity contribution in [2.24, 2.45) is 11.8 Å². The summed E-state index contributed by atoms with van der Waals surface area (Å²) >= 11 is 0. The maximum absolute atomic E-state index is 12.1. The Morgan fingerprint density at radius 3 is 2.27 bits per heavy atom. The van der Waals surface area contributed by atoms with E-state index in [2.05, 4.69) is 4.74 Å². The highest BCUT2D eigenvalue weighted by Gasteiger charge is 2.28. The molecule has 1 unspecified atom stereocenters. The number of aliphatic carboxylic acids is 1. The van der Waals surface area contributed by atoms with Gasteiger partial charge in [0.1, 0.15) is 11.4 Å². The molecule has 1 saturated heterocycles. The third-order valence-corrected chi connectivity index (χ3v) is 5.69. The van der Waals surface area contributed by atoms with Crippen LogP contribution in [0.3, 0.4) is 0 Å². The number of carboxylic acid groups (broad SMARTS) is 1. The van der Waals surface area contributed by atoms with Gasteiger partial charge in [0.15, 0.2) is 5.92 Å². The second-order valence-electron chi connectivity index (χ2n) is 9.52. The lowest BCUT2D eigenvalue weighted by atomic mass is 9.92. The van der Waals surface area contributed by atoms with E-state index in [-0.39, 0.29) is 12.5 Å². The first-order chi connectivity index (χ1) is 15.6. The molecule has 1 atom stereocenters. The van der Waals surface area contributed by atoms with Crippen LogP contribution in [0.1, 0.15) is 58.4 Å². The predicted molar refractivity (Wildman–Crippen MR) is 123 cm³/mol. The Bertz CT molecular complexity index is 777. The number of piperidine rings is 1. The number of esters is 1. The lowest BCUT2D eigenvalue weighted by molar-refractivity contribution is -0.156. The Balaban J connectivity index is 1.63. The van der Waals surface area contributed by atoms with Crippen LogP contribution in [0.5, 0.6) is 5.75 Å². The molecule has 0 aliphatic carbocycles. The summed E-state index contributed by atoms with van der Waals surface area (Å²) in [4.78, 5) is 36.8. The van der Waals surface area contributed by atoms with Crippen molar-refractivity contribution in [2.45, 2.75) is 64.9 Å². The largest absolute Gasteiger partial charge is 0.494 e. The van der Waals surface area contributed by atoms with Gasteiger partial charge in [-0.15, -0.1) is 0 Å². The highest BCUT2D eigenvalue weighted by atomic mass is 16.6. The minimum Gasteiger partial charge on any atom is -0.494 e. The average Bonchev–Trinajstić information content (AvgIpc) is 2.76. The lowest BCUT2D eigenvalue weighted by Crippen LogP contribution is -2.41. The zero-order chi connectivity index (χ0) is 24.4. The Morgan fingerprint density at radius 2 is 1.73 bits per heavy atom. The Labute approximate surface area is 196 Å². The SMILES string of the molecule is COC(=O)C(Cc1ccc(OCCCCC2CCN(C(=O)OC(C)(C)C)CC2)cc1)C(=O)O. The van der Waals surface area contributed by atoms with E-state index in [1.54, 1.807) is 29.2 Å². The maximum Gasteiger partial charge on any atom is 0.410 e. The molecule has 0 radical (unpaired) electrons. The zero-order valence-electron chi connectivity index (χ0n) is 20.2. The van der Waals surface area contributed by atoms with Crippen LogP contribution < -0.4 is 4.74 Å². The molecule has 0 bridgehead atoms. The highest BCUT2D eigenvalue weighted by molar-refractivity contribution is 5.94. The number of ether oxygens (including phenoxy) is 3. The van der Waals surface area contributed by atoms with Gasteiger partial charge in [0.05, 0.1) is 13.7 Å². The summed E-state index contributed by atoms with van der Waals surface area (Å²) in [6, 6.07) is 7.12. The van der Waals surface area contributed by atoms with E-state index >= 15 is 0 Å². The van der Waals surface area contributed by atoms with E-state index in [9.17, 15) is 19.5 Å². The molecular weight excluding hydrogens is 426 g/mol. The second kappa shape index (κ2) is 12.5. The Kier molecular flexibility index (Phi) is 10.0. The maximum atomic E-state index is 12.1. The molecule has 0 aromatic heterocycles. The number of benzene rings is 1. The van der Waals surface area contributed by atoms with Crippen molar-refractivity contribution >= 4 is 18.0 Å². The number of unbranched alkanes of at least 4 members (excludes halogenated alkanes) is 1. The van der Waals surface area contributed by atoms with Crippen LogP contribution in [0.15, 0.2) is 24.3 Å². The number of likely N-dealkylation sites (tertiary alicyclic amines) is 1. The minimum atomic E-state index is -1.21. The van der Waals surface area contributed by atoms with Gasteiger partial charge in [0, 0.05) is 13.1 Å². The van der Waals surface area contributed by atoms with E-state index < -0.39 is 23.5 Å². The molecule has 8 nitrogen and oxygen atoms in total. The van der Waals surface area contributed by atoms with Gasteiger partial charge in [0.25, 0.3) is 0 Å². The molecule has 0 saturated carbocycles. The molecule has 1 amide bonds. The monoisotopic (exact) mass is 463 g/mol. The quantitative estimate of drug-likeness (QED) is 0.313. The molecule has 1 fully saturated rings. The van der Waals surface area contributed by atoms with Gasteiger partial charge in [-0.25, -0.2) is 4.79 Å². The number of rotatable bonds is 10. The zero-order valence-corrected chi connectivity index (χ0v) is 20.2. The molecule has 1 aromatic rings. The predicted octanol–water partition coefficient (Wildman–Crippen LogP) is 4.30. The first-order valence-electron chi connectivity index (χ1n) is 11.6. The average molecular weight is 464 g/mol. The molecule has 1 heterocycles. The molecule has 33 heavy (non-hydrogen) atoms. The van der Waals surface area contributed by atoms with E-state index in [0.29, 0.717) is 12.5 Å². The van der Waals surface area contributed by atoms with Crippen molar-refractivity contribution in [3.63, 3.8) is 0 Å². The van der Waals surface area contributed by atoms with Gasteiger partial charge in [-0.2, -0.15) is 0 Å². The summed E-state index contributed by atoms with van der Waals surface area (Å²) in [5.41, 5.74) is 0.274. The third kappa shape index (κ3) is 9.32. The molecule has 8 heteroatoms. The smallest absolute Gasteiger partial charge is 0.410 e. The number of hydrogen-bond acceptors (Lipinski definition) is 6. The number of nitrogens with zero attached hydrogens (tertiary/aromatic N) is 1. The van der Waals surface area contributed by atoms with Crippen LogP contribution in [0.4, 0.5) is 4.79 Å². The van der Waals surface area contributed by atoms with E-state index in [0.717, 1.165) is 56.5 Å². The summed E-state index contributed by atoms with van der Waals surface area (Å²) in [6.07, 6.45) is 4.99. The molecule has 1 aliphatic rings. The van der Waals surface area contributed by atoms with E-state index in [4.69, 9.17) is 9.47 Å². The van der Waals surface area contributed by atoms with Gasteiger partial charge in [0.2, 0.25) is 0 Å². The van der Waals surface area contributed by atoms with Gasteiger partial charge < -0.3 is 24.2 Å². The van der Waals surface area contributed by atoms with Crippen molar-refractivity contribution < 1.29 is 33.7 Å². The number of carbonyl (C=O) groups excluding carboxylic acids is 2. The molecule has 1 aliphatic heterocycles. The molecule has 1 aromatic carbocycles. The molecular formula is C25H37NO7. The number of methoxy groups -OCH3 is 1. The van der Waals surface area contributed by atoms with Gasteiger partial charge in [-0.1, -0.05) is 18.6 Å². The normalized spacial score (nSPS) is 15.6. The molecule has 0 spiro atoms. The third-order valence-electron chi connectivity index (χ3n) is 5.69. The number of hydrogen-bond donors (Lipinski definition) is 1. The molecule has 1 N–H and O–H groups in total. The fourth-order valence-corrected chi connectivity index (χ4v) is 3.83. The van der Waals surface area contributed by atoms with Crippen LogP contribution in [-0.4, -0.2) is 60.4 Å². The van der Waals surface area contributed by atoms with Crippen LogP contribution in [0, 0.1) is 11.8 Å². The van der Waals surface area contributed by atoms with Crippen molar-refractivity contribution in [3.8, 4) is 5.75 Å². The summed E-state index contributed by atoms with van der Waals surface area (Å²) in [5, 5.41) is 9.18. The first kappa shape index (κ1) is 26.5. The summed E-state index contributed by atoms with van der Waals surface area (Å²) in [5.74, 6) is -1.82. The van der Waals surface area contributed by atoms with Crippen molar-refractivity contribution in [1.82, 2.24) is 4.90 Å². The van der Waals surface area contributed by atoms with E-state index in [1.807, 2.05) is 20.8 Å². The Hall–Kier alpha value is -2.77. The topological polar surface area (TPSA) is 102 Å². The summed E-state index contributed by atoms with van der Waals surface area (Å²) < 4.78 is 15.8. The fraction of sp³-hybridized carbons (Fsp3) is 0.640. The molecule has 2 rings (SSSR count). The van der Waals surface area contributed by atoms with Crippen LogP contribution in [-0.2, 0) is 25.5 Å². The summed E-state index contributed by atoms with van der Waals surface area (Å²) in [6.45, 7) is 7.76.